The highest BCUT2D eigenvalue weighted by molar-refractivity contribution is 5.39. The topological polar surface area (TPSA) is 12.0 Å². The van der Waals surface area contributed by atoms with Gasteiger partial charge in [-0.2, -0.15) is 0 Å². The van der Waals surface area contributed by atoms with Crippen molar-refractivity contribution in [3.8, 4) is 0 Å². The Labute approximate surface area is 84.4 Å². The van der Waals surface area contributed by atoms with E-state index in [0.717, 1.165) is 24.0 Å². The highest BCUT2D eigenvalue weighted by Crippen LogP contribution is 2.39. The molecule has 0 saturated heterocycles. The lowest BCUT2D eigenvalue weighted by Gasteiger charge is -2.00. The Balaban J connectivity index is 2.12. The van der Waals surface area contributed by atoms with E-state index >= 15 is 0 Å². The first-order chi connectivity index (χ1) is 6.72. The first-order valence-electron chi connectivity index (χ1n) is 5.14. The van der Waals surface area contributed by atoms with Crippen LogP contribution in [0.15, 0.2) is 35.2 Å². The van der Waals surface area contributed by atoms with Crippen molar-refractivity contribution in [3.63, 3.8) is 0 Å². The Kier molecular flexibility index (Phi) is 2.55. The first kappa shape index (κ1) is 9.66. The van der Waals surface area contributed by atoms with Gasteiger partial charge in [0, 0.05) is 12.0 Å². The molecular weight excluding hydrogens is 177 g/mol. The smallest absolute Gasteiger partial charge is 0.126 e. The van der Waals surface area contributed by atoms with Gasteiger partial charge in [0.1, 0.15) is 5.83 Å². The van der Waals surface area contributed by atoms with Gasteiger partial charge in [-0.25, -0.2) is 4.39 Å². The van der Waals surface area contributed by atoms with E-state index in [1.165, 1.54) is 0 Å². The lowest BCUT2D eigenvalue weighted by Crippen LogP contribution is -2.11. The van der Waals surface area contributed by atoms with Gasteiger partial charge in [-0.3, -0.25) is 0 Å². The number of halogens is 1. The van der Waals surface area contributed by atoms with Crippen LogP contribution in [-0.2, 0) is 0 Å². The molecule has 2 aliphatic carbocycles. The zero-order valence-electron chi connectivity index (χ0n) is 8.68. The van der Waals surface area contributed by atoms with Gasteiger partial charge in [-0.1, -0.05) is 12.2 Å². The molecule has 2 rings (SSSR count). The number of rotatable bonds is 2. The fourth-order valence-electron chi connectivity index (χ4n) is 1.93. The molecule has 0 amide bonds. The average Bonchev–Trinajstić information content (AvgIpc) is 2.94. The monoisotopic (exact) mass is 193 g/mol. The summed E-state index contributed by atoms with van der Waals surface area (Å²) in [6, 6.07) is 0.559. The predicted molar refractivity (Wildman–Crippen MR) is 56.6 cm³/mol. The van der Waals surface area contributed by atoms with Crippen LogP contribution in [0.2, 0.25) is 0 Å². The minimum Gasteiger partial charge on any atom is -0.316 e. The summed E-state index contributed by atoms with van der Waals surface area (Å²) in [7, 11) is 1.96. The SMILES string of the molecule is CN[C@@H]1C[C@H]1C1=CCC=C(C)C(F)=C1. The van der Waals surface area contributed by atoms with Crippen LogP contribution in [0.3, 0.4) is 0 Å². The maximum absolute atomic E-state index is 13.4. The summed E-state index contributed by atoms with van der Waals surface area (Å²) in [5.74, 6) is 0.459. The zero-order chi connectivity index (χ0) is 10.1. The predicted octanol–water partition coefficient (Wildman–Crippen LogP) is 2.72. The third-order valence-electron chi connectivity index (χ3n) is 3.04. The van der Waals surface area contributed by atoms with Gasteiger partial charge in [0.25, 0.3) is 0 Å². The fraction of sp³-hybridized carbons (Fsp3) is 0.500. The molecule has 2 aliphatic rings. The normalized spacial score (nSPS) is 31.5. The molecule has 1 saturated carbocycles. The van der Waals surface area contributed by atoms with Crippen molar-refractivity contribution in [2.24, 2.45) is 5.92 Å². The Morgan fingerprint density at radius 1 is 1.43 bits per heavy atom. The van der Waals surface area contributed by atoms with E-state index < -0.39 is 0 Å². The standard InChI is InChI=1S/C12H16FN/c1-8-4-3-5-9(6-11(8)13)10-7-12(10)14-2/h4-6,10,12,14H,3,7H2,1-2H3/t10-,12+/m0/s1. The molecule has 1 nitrogen and oxygen atoms in total. The van der Waals surface area contributed by atoms with Crippen molar-refractivity contribution < 1.29 is 4.39 Å². The largest absolute Gasteiger partial charge is 0.316 e. The van der Waals surface area contributed by atoms with Crippen LogP contribution in [0.25, 0.3) is 0 Å². The van der Waals surface area contributed by atoms with Gasteiger partial charge in [-0.05, 0) is 44.0 Å². The van der Waals surface area contributed by atoms with Crippen molar-refractivity contribution in [3.05, 3.63) is 35.2 Å². The van der Waals surface area contributed by atoms with Crippen LogP contribution in [0.5, 0.6) is 0 Å². The maximum Gasteiger partial charge on any atom is 0.126 e. The van der Waals surface area contributed by atoms with Crippen molar-refractivity contribution in [2.75, 3.05) is 7.05 Å². The molecule has 1 fully saturated rings. The van der Waals surface area contributed by atoms with E-state index in [-0.39, 0.29) is 5.83 Å². The van der Waals surface area contributed by atoms with Gasteiger partial charge < -0.3 is 5.32 Å². The second-order valence-corrected chi connectivity index (χ2v) is 4.06. The zero-order valence-corrected chi connectivity index (χ0v) is 8.68. The second-order valence-electron chi connectivity index (χ2n) is 4.06. The second kappa shape index (κ2) is 3.70. The lowest BCUT2D eigenvalue weighted by atomic mass is 10.1. The minimum atomic E-state index is -0.0736. The molecule has 1 N–H and O–H groups in total. The molecule has 2 atom stereocenters. The summed E-state index contributed by atoms with van der Waals surface area (Å²) >= 11 is 0. The summed E-state index contributed by atoms with van der Waals surface area (Å²) in [5, 5.41) is 3.22. The minimum absolute atomic E-state index is 0.0736. The molecule has 0 aromatic heterocycles. The molecule has 0 unspecified atom stereocenters. The van der Waals surface area contributed by atoms with E-state index in [1.807, 2.05) is 20.0 Å². The van der Waals surface area contributed by atoms with Crippen molar-refractivity contribution >= 4 is 0 Å². The molecule has 0 aromatic carbocycles. The van der Waals surface area contributed by atoms with Crippen LogP contribution in [0.1, 0.15) is 19.8 Å². The van der Waals surface area contributed by atoms with Crippen molar-refractivity contribution in [1.29, 1.82) is 0 Å². The fourth-order valence-corrected chi connectivity index (χ4v) is 1.93. The molecule has 0 aliphatic heterocycles. The molecule has 0 spiro atoms. The van der Waals surface area contributed by atoms with Gasteiger partial charge in [0.05, 0.1) is 0 Å². The van der Waals surface area contributed by atoms with Crippen molar-refractivity contribution in [2.45, 2.75) is 25.8 Å². The average molecular weight is 193 g/mol. The highest BCUT2D eigenvalue weighted by Gasteiger charge is 2.37. The van der Waals surface area contributed by atoms with Gasteiger partial charge in [0.15, 0.2) is 0 Å². The Hall–Kier alpha value is -0.890. The molecule has 76 valence electrons. The number of nitrogens with one attached hydrogen (secondary N) is 1. The third kappa shape index (κ3) is 1.80. The van der Waals surface area contributed by atoms with Gasteiger partial charge in [-0.15, -0.1) is 0 Å². The molecule has 0 bridgehead atoms. The first-order valence-corrected chi connectivity index (χ1v) is 5.14. The van der Waals surface area contributed by atoms with E-state index in [4.69, 9.17) is 0 Å². The quantitative estimate of drug-likeness (QED) is 0.711. The van der Waals surface area contributed by atoms with Gasteiger partial charge in [0.2, 0.25) is 0 Å². The van der Waals surface area contributed by atoms with Crippen LogP contribution in [0, 0.1) is 5.92 Å². The summed E-state index contributed by atoms with van der Waals surface area (Å²) in [6.45, 7) is 1.82. The highest BCUT2D eigenvalue weighted by atomic mass is 19.1. The summed E-state index contributed by atoms with van der Waals surface area (Å²) in [6.07, 6.45) is 7.78. The van der Waals surface area contributed by atoms with E-state index in [0.29, 0.717) is 12.0 Å². The third-order valence-corrected chi connectivity index (χ3v) is 3.04. The molecule has 0 radical (unpaired) electrons. The van der Waals surface area contributed by atoms with Crippen LogP contribution in [-0.4, -0.2) is 13.1 Å². The number of allylic oxidation sites excluding steroid dienone is 5. The van der Waals surface area contributed by atoms with E-state index in [9.17, 15) is 4.39 Å². The summed E-state index contributed by atoms with van der Waals surface area (Å²) in [5.41, 5.74) is 1.92. The van der Waals surface area contributed by atoms with Crippen LogP contribution < -0.4 is 5.32 Å². The van der Waals surface area contributed by atoms with E-state index in [2.05, 4.69) is 11.4 Å². The number of hydrogen-bond donors (Lipinski definition) is 1. The van der Waals surface area contributed by atoms with Crippen LogP contribution in [0.4, 0.5) is 4.39 Å². The molecule has 0 aromatic rings. The van der Waals surface area contributed by atoms with Crippen molar-refractivity contribution in [1.82, 2.24) is 5.32 Å². The molecule has 0 heterocycles. The lowest BCUT2D eigenvalue weighted by molar-refractivity contribution is 0.648. The molecular formula is C12H16FN. The Morgan fingerprint density at radius 2 is 2.21 bits per heavy atom. The van der Waals surface area contributed by atoms with E-state index in [1.54, 1.807) is 6.08 Å². The Bertz CT molecular complexity index is 325. The van der Waals surface area contributed by atoms with Crippen LogP contribution >= 0.6 is 0 Å². The Morgan fingerprint density at radius 3 is 2.86 bits per heavy atom. The maximum atomic E-state index is 13.4. The molecule has 2 heteroatoms. The van der Waals surface area contributed by atoms with Gasteiger partial charge >= 0.3 is 0 Å². The summed E-state index contributed by atoms with van der Waals surface area (Å²) < 4.78 is 13.4. The molecule has 14 heavy (non-hydrogen) atoms. The summed E-state index contributed by atoms with van der Waals surface area (Å²) in [4.78, 5) is 0. The number of hydrogen-bond acceptors (Lipinski definition) is 1.